The first-order chi connectivity index (χ1) is 10.3. The lowest BCUT2D eigenvalue weighted by Gasteiger charge is -2.40. The maximum atomic E-state index is 5.65. The fourth-order valence-corrected chi connectivity index (χ4v) is 3.85. The van der Waals surface area contributed by atoms with Crippen LogP contribution in [0.25, 0.3) is 0 Å². The van der Waals surface area contributed by atoms with Crippen molar-refractivity contribution in [3.05, 3.63) is 29.3 Å². The zero-order chi connectivity index (χ0) is 14.7. The SMILES string of the molecule is CCCNCC1CCCN(C)C1c1ccc2c(c1)CCO2. The van der Waals surface area contributed by atoms with E-state index in [4.69, 9.17) is 4.74 Å². The number of rotatable bonds is 5. The van der Waals surface area contributed by atoms with Gasteiger partial charge in [0.15, 0.2) is 0 Å². The van der Waals surface area contributed by atoms with Crippen molar-refractivity contribution in [1.82, 2.24) is 10.2 Å². The van der Waals surface area contributed by atoms with Gasteiger partial charge in [-0.15, -0.1) is 0 Å². The third kappa shape index (κ3) is 3.24. The van der Waals surface area contributed by atoms with Crippen LogP contribution in [0.4, 0.5) is 0 Å². The third-order valence-electron chi connectivity index (χ3n) is 4.90. The summed E-state index contributed by atoms with van der Waals surface area (Å²) in [6.07, 6.45) is 4.93. The van der Waals surface area contributed by atoms with E-state index in [1.54, 1.807) is 0 Å². The van der Waals surface area contributed by atoms with Gasteiger partial charge in [0, 0.05) is 12.5 Å². The molecular weight excluding hydrogens is 260 g/mol. The van der Waals surface area contributed by atoms with Gasteiger partial charge < -0.3 is 10.1 Å². The summed E-state index contributed by atoms with van der Waals surface area (Å²) in [7, 11) is 2.28. The van der Waals surface area contributed by atoms with Gasteiger partial charge in [-0.3, -0.25) is 4.90 Å². The van der Waals surface area contributed by atoms with Crippen molar-refractivity contribution in [2.75, 3.05) is 33.3 Å². The number of nitrogens with zero attached hydrogens (tertiary/aromatic N) is 1. The van der Waals surface area contributed by atoms with Crippen LogP contribution in [0.1, 0.15) is 43.4 Å². The average Bonchev–Trinajstić information content (AvgIpc) is 2.95. The normalized spacial score (nSPS) is 25.6. The van der Waals surface area contributed by atoms with Crippen LogP contribution in [0.5, 0.6) is 5.75 Å². The van der Waals surface area contributed by atoms with Crippen molar-refractivity contribution in [3.63, 3.8) is 0 Å². The van der Waals surface area contributed by atoms with Crippen LogP contribution in [-0.4, -0.2) is 38.2 Å². The molecule has 2 aliphatic heterocycles. The molecule has 0 aromatic heterocycles. The quantitative estimate of drug-likeness (QED) is 0.843. The number of nitrogens with one attached hydrogen (secondary N) is 1. The molecule has 1 N–H and O–H groups in total. The van der Waals surface area contributed by atoms with Crippen LogP contribution in [0.2, 0.25) is 0 Å². The maximum Gasteiger partial charge on any atom is 0.122 e. The number of hydrogen-bond donors (Lipinski definition) is 1. The van der Waals surface area contributed by atoms with Crippen LogP contribution < -0.4 is 10.1 Å². The molecule has 2 heterocycles. The summed E-state index contributed by atoms with van der Waals surface area (Å²) in [6.45, 7) is 6.56. The van der Waals surface area contributed by atoms with Gasteiger partial charge >= 0.3 is 0 Å². The molecule has 3 rings (SSSR count). The second kappa shape index (κ2) is 6.80. The van der Waals surface area contributed by atoms with E-state index in [-0.39, 0.29) is 0 Å². The Bertz CT molecular complexity index is 474. The van der Waals surface area contributed by atoms with Crippen LogP contribution in [-0.2, 0) is 6.42 Å². The van der Waals surface area contributed by atoms with Gasteiger partial charge in [0.2, 0.25) is 0 Å². The lowest BCUT2D eigenvalue weighted by atomic mass is 9.84. The van der Waals surface area contributed by atoms with E-state index in [9.17, 15) is 0 Å². The monoisotopic (exact) mass is 288 g/mol. The first-order valence-electron chi connectivity index (χ1n) is 8.46. The zero-order valence-electron chi connectivity index (χ0n) is 13.4. The molecule has 2 unspecified atom stereocenters. The highest BCUT2D eigenvalue weighted by Crippen LogP contribution is 2.37. The summed E-state index contributed by atoms with van der Waals surface area (Å²) < 4.78 is 5.65. The summed E-state index contributed by atoms with van der Waals surface area (Å²) in [5.41, 5.74) is 2.87. The molecule has 3 nitrogen and oxygen atoms in total. The Labute approximate surface area is 128 Å². The molecule has 1 fully saturated rings. The summed E-state index contributed by atoms with van der Waals surface area (Å²) in [5.74, 6) is 1.81. The van der Waals surface area contributed by atoms with Crippen molar-refractivity contribution < 1.29 is 4.74 Å². The predicted octanol–water partition coefficient (Wildman–Crippen LogP) is 3.00. The molecule has 1 saturated heterocycles. The maximum absolute atomic E-state index is 5.65. The minimum absolute atomic E-state index is 0.550. The van der Waals surface area contributed by atoms with Gasteiger partial charge in [-0.2, -0.15) is 0 Å². The van der Waals surface area contributed by atoms with Gasteiger partial charge in [-0.05, 0) is 69.1 Å². The molecule has 0 radical (unpaired) electrons. The Hall–Kier alpha value is -1.06. The number of fused-ring (bicyclic) bond motifs is 1. The van der Waals surface area contributed by atoms with Crippen LogP contribution >= 0.6 is 0 Å². The van der Waals surface area contributed by atoms with Gasteiger partial charge in [-0.25, -0.2) is 0 Å². The molecule has 1 aromatic rings. The number of likely N-dealkylation sites (tertiary alicyclic amines) is 1. The Morgan fingerprint density at radius 3 is 3.14 bits per heavy atom. The Morgan fingerprint density at radius 1 is 1.38 bits per heavy atom. The number of hydrogen-bond acceptors (Lipinski definition) is 3. The first-order valence-corrected chi connectivity index (χ1v) is 8.46. The molecule has 0 bridgehead atoms. The van der Waals surface area contributed by atoms with Gasteiger partial charge in [0.1, 0.15) is 5.75 Å². The standard InChI is InChI=1S/C18H28N2O/c1-3-9-19-13-16-5-4-10-20(2)18(16)15-6-7-17-14(12-15)8-11-21-17/h6-7,12,16,18-19H,3-5,8-11,13H2,1-2H3. The van der Waals surface area contributed by atoms with E-state index in [0.29, 0.717) is 6.04 Å². The molecule has 0 spiro atoms. The van der Waals surface area contributed by atoms with Gasteiger partial charge in [0.25, 0.3) is 0 Å². The largest absolute Gasteiger partial charge is 0.493 e. The second-order valence-electron chi connectivity index (χ2n) is 6.50. The highest BCUT2D eigenvalue weighted by Gasteiger charge is 2.30. The average molecular weight is 288 g/mol. The summed E-state index contributed by atoms with van der Waals surface area (Å²) in [4.78, 5) is 2.54. The van der Waals surface area contributed by atoms with Gasteiger partial charge in [0.05, 0.1) is 6.61 Å². The van der Waals surface area contributed by atoms with Crippen LogP contribution in [0.3, 0.4) is 0 Å². The Balaban J connectivity index is 1.78. The van der Waals surface area contributed by atoms with E-state index >= 15 is 0 Å². The minimum Gasteiger partial charge on any atom is -0.493 e. The van der Waals surface area contributed by atoms with E-state index in [0.717, 1.165) is 37.8 Å². The molecule has 0 saturated carbocycles. The highest BCUT2D eigenvalue weighted by atomic mass is 16.5. The summed E-state index contributed by atoms with van der Waals surface area (Å²) in [5, 5.41) is 3.63. The minimum atomic E-state index is 0.550. The van der Waals surface area contributed by atoms with E-state index in [1.807, 2.05) is 0 Å². The molecule has 0 amide bonds. The number of piperidine rings is 1. The van der Waals surface area contributed by atoms with Crippen molar-refractivity contribution >= 4 is 0 Å². The molecule has 2 aliphatic rings. The molecule has 0 aliphatic carbocycles. The molecule has 116 valence electrons. The van der Waals surface area contributed by atoms with Crippen molar-refractivity contribution in [2.24, 2.45) is 5.92 Å². The lowest BCUT2D eigenvalue weighted by Crippen LogP contribution is -2.40. The second-order valence-corrected chi connectivity index (χ2v) is 6.50. The third-order valence-corrected chi connectivity index (χ3v) is 4.90. The summed E-state index contributed by atoms with van der Waals surface area (Å²) in [6, 6.07) is 7.40. The number of ether oxygens (including phenoxy) is 1. The summed E-state index contributed by atoms with van der Waals surface area (Å²) >= 11 is 0. The van der Waals surface area contributed by atoms with Crippen LogP contribution in [0, 0.1) is 5.92 Å². The van der Waals surface area contributed by atoms with Crippen molar-refractivity contribution in [1.29, 1.82) is 0 Å². The fourth-order valence-electron chi connectivity index (χ4n) is 3.85. The topological polar surface area (TPSA) is 24.5 Å². The Kier molecular flexibility index (Phi) is 4.81. The first kappa shape index (κ1) is 14.9. The van der Waals surface area contributed by atoms with E-state index in [2.05, 4.69) is 42.4 Å². The molecule has 21 heavy (non-hydrogen) atoms. The lowest BCUT2D eigenvalue weighted by molar-refractivity contribution is 0.119. The molecule has 1 aromatic carbocycles. The van der Waals surface area contributed by atoms with Crippen molar-refractivity contribution in [2.45, 2.75) is 38.6 Å². The van der Waals surface area contributed by atoms with E-state index < -0.39 is 0 Å². The van der Waals surface area contributed by atoms with Gasteiger partial charge in [-0.1, -0.05) is 19.1 Å². The number of benzene rings is 1. The predicted molar refractivity (Wildman–Crippen MR) is 86.9 cm³/mol. The smallest absolute Gasteiger partial charge is 0.122 e. The highest BCUT2D eigenvalue weighted by molar-refractivity contribution is 5.41. The van der Waals surface area contributed by atoms with Crippen molar-refractivity contribution in [3.8, 4) is 5.75 Å². The van der Waals surface area contributed by atoms with E-state index in [1.165, 1.54) is 36.9 Å². The molecule has 2 atom stereocenters. The fraction of sp³-hybridized carbons (Fsp3) is 0.667. The molecule has 3 heteroatoms. The van der Waals surface area contributed by atoms with Crippen LogP contribution in [0.15, 0.2) is 18.2 Å². The zero-order valence-corrected chi connectivity index (χ0v) is 13.4. The molecular formula is C18H28N2O. The Morgan fingerprint density at radius 2 is 2.29 bits per heavy atom.